The summed E-state index contributed by atoms with van der Waals surface area (Å²) >= 11 is 0. The second-order valence-corrected chi connectivity index (χ2v) is 5.47. The Morgan fingerprint density at radius 1 is 1.19 bits per heavy atom. The second-order valence-electron chi connectivity index (χ2n) is 5.47. The van der Waals surface area contributed by atoms with Crippen molar-refractivity contribution in [1.29, 1.82) is 0 Å². The summed E-state index contributed by atoms with van der Waals surface area (Å²) in [6.07, 6.45) is 2.09. The van der Waals surface area contributed by atoms with Gasteiger partial charge in [-0.25, -0.2) is 4.79 Å². The van der Waals surface area contributed by atoms with Crippen LogP contribution in [0.2, 0.25) is 0 Å². The minimum Gasteiger partial charge on any atom is -0.341 e. The number of carbonyl (C=O) groups is 2. The number of amides is 3. The lowest BCUT2D eigenvalue weighted by molar-refractivity contribution is -0.125. The summed E-state index contributed by atoms with van der Waals surface area (Å²) in [4.78, 5) is 25.3. The summed E-state index contributed by atoms with van der Waals surface area (Å²) in [5.41, 5.74) is 1.37. The lowest BCUT2D eigenvalue weighted by Gasteiger charge is -2.35. The number of benzene rings is 1. The van der Waals surface area contributed by atoms with Crippen LogP contribution in [0.4, 0.5) is 4.79 Å². The van der Waals surface area contributed by atoms with E-state index in [1.54, 1.807) is 0 Å². The molecule has 1 atom stereocenters. The maximum Gasteiger partial charge on any atom is 0.321 e. The predicted molar refractivity (Wildman–Crippen MR) is 82.1 cm³/mol. The maximum absolute atomic E-state index is 11.9. The van der Waals surface area contributed by atoms with E-state index in [1.165, 1.54) is 12.6 Å². The van der Waals surface area contributed by atoms with E-state index in [0.717, 1.165) is 25.9 Å². The van der Waals surface area contributed by atoms with Crippen LogP contribution in [0.1, 0.15) is 31.2 Å². The Morgan fingerprint density at radius 2 is 1.81 bits per heavy atom. The molecule has 0 aliphatic carbocycles. The van der Waals surface area contributed by atoms with Crippen molar-refractivity contribution in [1.82, 2.24) is 15.5 Å². The van der Waals surface area contributed by atoms with Gasteiger partial charge in [0.25, 0.3) is 0 Å². The summed E-state index contributed by atoms with van der Waals surface area (Å²) < 4.78 is 0. The normalized spacial score (nSPS) is 18.0. The first-order valence-electron chi connectivity index (χ1n) is 7.43. The molecule has 1 heterocycles. The third-order valence-corrected chi connectivity index (χ3v) is 4.19. The number of piperidine rings is 1. The number of imide groups is 1. The largest absolute Gasteiger partial charge is 0.341 e. The average molecular weight is 289 g/mol. The Morgan fingerprint density at radius 3 is 2.38 bits per heavy atom. The fourth-order valence-electron chi connectivity index (χ4n) is 2.79. The number of hydrogen-bond donors (Lipinski definition) is 2. The third-order valence-electron chi connectivity index (χ3n) is 4.19. The Hall–Kier alpha value is -1.88. The van der Waals surface area contributed by atoms with Crippen LogP contribution in [0.15, 0.2) is 30.3 Å². The smallest absolute Gasteiger partial charge is 0.321 e. The first-order chi connectivity index (χ1) is 10.1. The zero-order valence-corrected chi connectivity index (χ0v) is 12.6. The van der Waals surface area contributed by atoms with E-state index in [1.807, 2.05) is 13.0 Å². The van der Waals surface area contributed by atoms with Crippen molar-refractivity contribution >= 4 is 11.9 Å². The molecule has 5 nitrogen and oxygen atoms in total. The van der Waals surface area contributed by atoms with Crippen LogP contribution < -0.4 is 10.6 Å². The summed E-state index contributed by atoms with van der Waals surface area (Å²) in [6, 6.07) is 9.78. The lowest BCUT2D eigenvalue weighted by atomic mass is 9.89. The van der Waals surface area contributed by atoms with Crippen molar-refractivity contribution in [3.8, 4) is 0 Å². The molecule has 1 aromatic carbocycles. The van der Waals surface area contributed by atoms with Crippen LogP contribution in [0, 0.1) is 0 Å². The number of rotatable bonds is 3. The van der Waals surface area contributed by atoms with E-state index in [-0.39, 0.29) is 11.9 Å². The van der Waals surface area contributed by atoms with Crippen molar-refractivity contribution < 1.29 is 9.59 Å². The monoisotopic (exact) mass is 289 g/mol. The molecule has 5 heteroatoms. The highest BCUT2D eigenvalue weighted by molar-refractivity contribution is 5.96. The molecule has 1 aliphatic rings. The number of urea groups is 1. The molecule has 0 bridgehead atoms. The van der Waals surface area contributed by atoms with Crippen LogP contribution >= 0.6 is 0 Å². The molecule has 114 valence electrons. The Kier molecular flexibility index (Phi) is 5.33. The molecular weight excluding hydrogens is 266 g/mol. The quantitative estimate of drug-likeness (QED) is 0.890. The molecule has 2 rings (SSSR count). The van der Waals surface area contributed by atoms with Gasteiger partial charge in [0.15, 0.2) is 0 Å². The summed E-state index contributed by atoms with van der Waals surface area (Å²) in [5.74, 6) is 0.323. The van der Waals surface area contributed by atoms with Crippen LogP contribution in [-0.4, -0.2) is 43.0 Å². The van der Waals surface area contributed by atoms with Gasteiger partial charge in [0, 0.05) is 7.05 Å². The highest BCUT2D eigenvalue weighted by atomic mass is 16.2. The predicted octanol–water partition coefficient (Wildman–Crippen LogP) is 1.71. The number of hydrogen-bond acceptors (Lipinski definition) is 3. The molecule has 1 fully saturated rings. The van der Waals surface area contributed by atoms with Gasteiger partial charge in [0.1, 0.15) is 0 Å². The van der Waals surface area contributed by atoms with Gasteiger partial charge in [-0.1, -0.05) is 30.3 Å². The van der Waals surface area contributed by atoms with Crippen LogP contribution in [0.3, 0.4) is 0 Å². The number of nitrogens with one attached hydrogen (secondary N) is 2. The highest BCUT2D eigenvalue weighted by Crippen LogP contribution is 2.28. The molecule has 1 unspecified atom stereocenters. The van der Waals surface area contributed by atoms with E-state index < -0.39 is 6.03 Å². The van der Waals surface area contributed by atoms with Crippen molar-refractivity contribution in [2.45, 2.75) is 31.7 Å². The Bertz CT molecular complexity index is 482. The molecular formula is C16H23N3O2. The second kappa shape index (κ2) is 7.22. The minimum atomic E-state index is -0.453. The first-order valence-corrected chi connectivity index (χ1v) is 7.43. The molecule has 1 saturated heterocycles. The third kappa shape index (κ3) is 4.04. The summed E-state index contributed by atoms with van der Waals surface area (Å²) in [5, 5.41) is 4.73. The molecule has 0 radical (unpaired) electrons. The Labute approximate surface area is 125 Å². The minimum absolute atomic E-state index is 0.243. The van der Waals surface area contributed by atoms with E-state index in [2.05, 4.69) is 39.8 Å². The summed E-state index contributed by atoms with van der Waals surface area (Å²) in [6.45, 7) is 3.60. The number of nitrogens with zero attached hydrogens (tertiary/aromatic N) is 1. The van der Waals surface area contributed by atoms with E-state index in [4.69, 9.17) is 0 Å². The molecule has 0 saturated carbocycles. The van der Waals surface area contributed by atoms with Crippen LogP contribution in [0.25, 0.3) is 0 Å². The van der Waals surface area contributed by atoms with Crippen LogP contribution in [-0.2, 0) is 4.79 Å². The van der Waals surface area contributed by atoms with E-state index in [0.29, 0.717) is 5.92 Å². The number of likely N-dealkylation sites (tertiary alicyclic amines) is 1. The fourth-order valence-corrected chi connectivity index (χ4v) is 2.79. The molecule has 0 spiro atoms. The molecule has 1 aromatic rings. The zero-order chi connectivity index (χ0) is 15.2. The summed E-state index contributed by atoms with van der Waals surface area (Å²) in [7, 11) is 1.50. The van der Waals surface area contributed by atoms with Gasteiger partial charge in [-0.05, 0) is 44.3 Å². The SMILES string of the molecule is CNC(=O)NC(=O)C(C)N1CCC(c2ccccc2)CC1. The van der Waals surface area contributed by atoms with Gasteiger partial charge in [0.2, 0.25) is 5.91 Å². The maximum atomic E-state index is 11.9. The average Bonchev–Trinajstić information content (AvgIpc) is 2.55. The Balaban J connectivity index is 1.86. The fraction of sp³-hybridized carbons (Fsp3) is 0.500. The van der Waals surface area contributed by atoms with Crippen molar-refractivity contribution in [3.63, 3.8) is 0 Å². The molecule has 0 aromatic heterocycles. The molecule has 3 amide bonds. The molecule has 1 aliphatic heterocycles. The highest BCUT2D eigenvalue weighted by Gasteiger charge is 2.27. The van der Waals surface area contributed by atoms with Crippen molar-refractivity contribution in [3.05, 3.63) is 35.9 Å². The van der Waals surface area contributed by atoms with Crippen molar-refractivity contribution in [2.75, 3.05) is 20.1 Å². The van der Waals surface area contributed by atoms with Gasteiger partial charge in [-0.3, -0.25) is 15.0 Å². The van der Waals surface area contributed by atoms with E-state index >= 15 is 0 Å². The first kappa shape index (κ1) is 15.5. The molecule has 2 N–H and O–H groups in total. The van der Waals surface area contributed by atoms with Crippen molar-refractivity contribution in [2.24, 2.45) is 0 Å². The standard InChI is InChI=1S/C16H23N3O2/c1-12(15(20)18-16(21)17-2)19-10-8-14(9-11-19)13-6-4-3-5-7-13/h3-7,12,14H,8-11H2,1-2H3,(H2,17,18,20,21). The van der Waals surface area contributed by atoms with Gasteiger partial charge in [-0.15, -0.1) is 0 Å². The van der Waals surface area contributed by atoms with Gasteiger partial charge < -0.3 is 5.32 Å². The topological polar surface area (TPSA) is 61.4 Å². The lowest BCUT2D eigenvalue weighted by Crippen LogP contribution is -2.50. The van der Waals surface area contributed by atoms with Gasteiger partial charge in [0.05, 0.1) is 6.04 Å². The molecule has 21 heavy (non-hydrogen) atoms. The van der Waals surface area contributed by atoms with E-state index in [9.17, 15) is 9.59 Å². The number of carbonyl (C=O) groups excluding carboxylic acids is 2. The zero-order valence-electron chi connectivity index (χ0n) is 12.6. The van der Waals surface area contributed by atoms with Gasteiger partial charge in [-0.2, -0.15) is 0 Å². The van der Waals surface area contributed by atoms with Crippen LogP contribution in [0.5, 0.6) is 0 Å². The van der Waals surface area contributed by atoms with Gasteiger partial charge >= 0.3 is 6.03 Å².